The van der Waals surface area contributed by atoms with Gasteiger partial charge in [0.25, 0.3) is 13.3 Å². The number of nitrogens with two attached hydrogens (primary N) is 1. The zero-order chi connectivity index (χ0) is 42.7. The molecule has 1 aromatic heterocycles. The zero-order valence-corrected chi connectivity index (χ0v) is 34.9. The van der Waals surface area contributed by atoms with Crippen LogP contribution in [0.4, 0.5) is 0 Å². The normalized spacial score (nSPS) is 20.5. The molecule has 17 nitrogen and oxygen atoms in total. The summed E-state index contributed by atoms with van der Waals surface area (Å²) in [5.41, 5.74) is 5.66. The Morgan fingerprint density at radius 2 is 1.69 bits per heavy atom. The Morgan fingerprint density at radius 3 is 2.31 bits per heavy atom. The van der Waals surface area contributed by atoms with E-state index in [1.165, 1.54) is 41.3 Å². The van der Waals surface area contributed by atoms with Gasteiger partial charge in [0, 0.05) is 61.3 Å². The Hall–Kier alpha value is -4.90. The zero-order valence-electron chi connectivity index (χ0n) is 33.2. The molecule has 0 spiro atoms. The maximum absolute atomic E-state index is 14.5. The average Bonchev–Trinajstić information content (AvgIpc) is 3.79. The lowest BCUT2D eigenvalue weighted by molar-refractivity contribution is -0.144. The van der Waals surface area contributed by atoms with Crippen molar-refractivity contribution in [1.82, 2.24) is 30.7 Å². The first kappa shape index (κ1) is 44.2. The van der Waals surface area contributed by atoms with Gasteiger partial charge in [0.1, 0.15) is 23.8 Å². The Balaban J connectivity index is 1.32. The number of fused-ring (bicyclic) bond motifs is 2. The smallest absolute Gasteiger partial charge is 0.268 e. The number of carbonyl (C=O) groups excluding carboxylic acids is 6. The number of benzene rings is 2. The Kier molecular flexibility index (Phi) is 13.7. The van der Waals surface area contributed by atoms with E-state index in [0.29, 0.717) is 42.3 Å². The molecule has 2 fully saturated rings. The molecule has 0 aliphatic carbocycles. The van der Waals surface area contributed by atoms with E-state index in [-0.39, 0.29) is 54.2 Å². The molecule has 7 N–H and O–H groups in total. The van der Waals surface area contributed by atoms with Crippen LogP contribution in [0.25, 0.3) is 10.9 Å². The molecule has 19 heteroatoms. The van der Waals surface area contributed by atoms with Gasteiger partial charge in [-0.2, -0.15) is 0 Å². The van der Waals surface area contributed by atoms with Gasteiger partial charge in [-0.3, -0.25) is 38.2 Å². The molecule has 2 aromatic carbocycles. The minimum absolute atomic E-state index is 0.00671. The first-order chi connectivity index (χ1) is 27.2. The maximum Gasteiger partial charge on any atom is 0.268 e. The number of sulfone groups is 1. The number of aromatic nitrogens is 1. The highest BCUT2D eigenvalue weighted by molar-refractivity contribution is 7.92. The van der Waals surface area contributed by atoms with Crippen LogP contribution in [0.2, 0.25) is 0 Å². The summed E-state index contributed by atoms with van der Waals surface area (Å²) in [7, 11) is -7.53. The number of amides is 5. The quantitative estimate of drug-likeness (QED) is 0.121. The van der Waals surface area contributed by atoms with E-state index in [0.717, 1.165) is 6.66 Å². The summed E-state index contributed by atoms with van der Waals surface area (Å²) in [6, 6.07) is 8.32. The number of nitrogens with zero attached hydrogens (tertiary/aromatic N) is 2. The number of rotatable bonds is 15. The van der Waals surface area contributed by atoms with Crippen LogP contribution in [0.3, 0.4) is 0 Å². The van der Waals surface area contributed by atoms with Crippen LogP contribution in [0.5, 0.6) is 0 Å². The highest BCUT2D eigenvalue weighted by Crippen LogP contribution is 2.40. The monoisotopic (exact) mass is 841 g/mol. The SMILES string of the molecule is CC(C)N1CC[C@H]2CC[C@@H](C(=O)N[C@@H](CCC(N)=O)C(=O)NCc3ccc(S(=O)(=O)C(C)C)cc3)N2C(=O)[C@@H](NC(=O)c2cc3cc(C(=O)P(C)(=O)O)ccc3[nH]2)C1. The van der Waals surface area contributed by atoms with Gasteiger partial charge in [0.05, 0.1) is 10.1 Å². The predicted octanol–water partition coefficient (Wildman–Crippen LogP) is 2.03. The van der Waals surface area contributed by atoms with Crippen LogP contribution in [0, 0.1) is 0 Å². The van der Waals surface area contributed by atoms with E-state index in [9.17, 15) is 46.6 Å². The second kappa shape index (κ2) is 17.9. The Labute approximate surface area is 337 Å². The maximum atomic E-state index is 14.5. The molecule has 2 aliphatic heterocycles. The third kappa shape index (κ3) is 10.2. The second-order valence-corrected chi connectivity index (χ2v) is 20.3. The molecule has 0 bridgehead atoms. The number of carbonyl (C=O) groups is 6. The van der Waals surface area contributed by atoms with Gasteiger partial charge in [-0.15, -0.1) is 0 Å². The van der Waals surface area contributed by atoms with E-state index in [4.69, 9.17) is 5.73 Å². The summed E-state index contributed by atoms with van der Waals surface area (Å²) in [4.78, 5) is 96.3. The third-order valence-electron chi connectivity index (χ3n) is 10.7. The van der Waals surface area contributed by atoms with Gasteiger partial charge < -0.3 is 36.5 Å². The fourth-order valence-corrected chi connectivity index (χ4v) is 8.98. The topological polar surface area (TPSA) is 258 Å². The standard InChI is InChI=1S/C39H52N7O10PS/c1-22(2)45-17-16-27-9-14-33(37(50)43-30(13-15-34(40)47)35(48)41-20-24-6-10-28(11-7-24)58(55,56)23(3)4)46(27)38(51)32(21-45)44-36(49)31-19-26-18-25(8-12-29(26)42-31)39(52)57(5,53)54/h6-8,10-12,18-19,22-23,27,30,32-33,42H,9,13-17,20-21H2,1-5H3,(H2,40,47)(H,41,48)(H,43,50)(H,44,49)(H,53,54)/t27-,30+,32+,33+/m1/s1. The molecule has 5 amide bonds. The molecular formula is C39H52N7O10PS. The van der Waals surface area contributed by atoms with Crippen molar-refractivity contribution in [2.45, 2.75) is 107 Å². The van der Waals surface area contributed by atoms with Gasteiger partial charge in [0.15, 0.2) is 9.84 Å². The van der Waals surface area contributed by atoms with Gasteiger partial charge in [-0.1, -0.05) is 12.1 Å². The van der Waals surface area contributed by atoms with E-state index >= 15 is 0 Å². The molecule has 1 unspecified atom stereocenters. The van der Waals surface area contributed by atoms with Gasteiger partial charge in [-0.25, -0.2) is 8.42 Å². The van der Waals surface area contributed by atoms with Crippen molar-refractivity contribution in [3.05, 3.63) is 65.4 Å². The van der Waals surface area contributed by atoms with Gasteiger partial charge >= 0.3 is 0 Å². The molecule has 2 saturated heterocycles. The molecule has 2 aliphatic rings. The van der Waals surface area contributed by atoms with Gasteiger partial charge in [-0.05, 0) is 95.3 Å². The van der Waals surface area contributed by atoms with E-state index < -0.39 is 75.6 Å². The summed E-state index contributed by atoms with van der Waals surface area (Å²) in [5, 5.41) is 8.14. The van der Waals surface area contributed by atoms with Crippen molar-refractivity contribution >= 4 is 63.2 Å². The van der Waals surface area contributed by atoms with Crippen LogP contribution in [-0.4, -0.2) is 118 Å². The number of nitrogens with one attached hydrogen (secondary N) is 4. The van der Waals surface area contributed by atoms with Crippen molar-refractivity contribution in [2.75, 3.05) is 19.8 Å². The lowest BCUT2D eigenvalue weighted by atomic mass is 10.1. The largest absolute Gasteiger partial charge is 0.370 e. The van der Waals surface area contributed by atoms with E-state index in [1.54, 1.807) is 26.0 Å². The molecule has 3 heterocycles. The summed E-state index contributed by atoms with van der Waals surface area (Å²) in [6.45, 7) is 8.82. The van der Waals surface area contributed by atoms with E-state index in [2.05, 4.69) is 25.8 Å². The molecule has 314 valence electrons. The number of H-pyrrole nitrogens is 1. The second-order valence-electron chi connectivity index (χ2n) is 15.6. The summed E-state index contributed by atoms with van der Waals surface area (Å²) < 4.78 is 37.0. The first-order valence-corrected chi connectivity index (χ1v) is 22.9. The predicted molar refractivity (Wildman–Crippen MR) is 216 cm³/mol. The van der Waals surface area contributed by atoms with Crippen molar-refractivity contribution in [3.63, 3.8) is 0 Å². The first-order valence-electron chi connectivity index (χ1n) is 19.2. The van der Waals surface area contributed by atoms with Crippen molar-refractivity contribution in [1.29, 1.82) is 0 Å². The molecule has 5 atom stereocenters. The van der Waals surface area contributed by atoms with Gasteiger partial charge in [0.2, 0.25) is 29.2 Å². The number of primary amides is 1. The minimum Gasteiger partial charge on any atom is -0.370 e. The minimum atomic E-state index is -4.04. The third-order valence-corrected chi connectivity index (χ3v) is 13.9. The number of hydrogen-bond donors (Lipinski definition) is 6. The van der Waals surface area contributed by atoms with Crippen LogP contribution >= 0.6 is 7.37 Å². The van der Waals surface area contributed by atoms with Crippen LogP contribution in [0.1, 0.15) is 86.2 Å². The average molecular weight is 842 g/mol. The molecule has 0 radical (unpaired) electrons. The number of hydrogen-bond acceptors (Lipinski definition) is 10. The van der Waals surface area contributed by atoms with Crippen LogP contribution < -0.4 is 21.7 Å². The van der Waals surface area contributed by atoms with Crippen LogP contribution in [0.15, 0.2) is 53.4 Å². The molecule has 5 rings (SSSR count). The Bertz CT molecular complexity index is 2240. The lowest BCUT2D eigenvalue weighted by Crippen LogP contribution is -2.62. The Morgan fingerprint density at radius 1 is 1.00 bits per heavy atom. The molecule has 0 saturated carbocycles. The lowest BCUT2D eigenvalue weighted by Gasteiger charge is -2.40. The van der Waals surface area contributed by atoms with Crippen molar-refractivity contribution in [3.8, 4) is 0 Å². The fourth-order valence-electron chi connectivity index (χ4n) is 7.30. The van der Waals surface area contributed by atoms with Crippen LogP contribution in [-0.2, 0) is 40.1 Å². The highest BCUT2D eigenvalue weighted by Gasteiger charge is 2.46. The van der Waals surface area contributed by atoms with Crippen molar-refractivity contribution in [2.24, 2.45) is 5.73 Å². The summed E-state index contributed by atoms with van der Waals surface area (Å²) >= 11 is 0. The fraction of sp³-hybridized carbons (Fsp3) is 0.487. The summed E-state index contributed by atoms with van der Waals surface area (Å²) in [6.07, 6.45) is 1.05. The summed E-state index contributed by atoms with van der Waals surface area (Å²) in [5.74, 6) is -2.98. The molecular weight excluding hydrogens is 790 g/mol. The van der Waals surface area contributed by atoms with E-state index in [1.807, 2.05) is 13.8 Å². The molecule has 58 heavy (non-hydrogen) atoms. The molecule has 3 aromatic rings. The highest BCUT2D eigenvalue weighted by atomic mass is 32.2. The number of aromatic amines is 1. The van der Waals surface area contributed by atoms with Crippen molar-refractivity contribution < 1.29 is 46.6 Å².